The van der Waals surface area contributed by atoms with Crippen LogP contribution in [0.15, 0.2) is 24.3 Å². The minimum Gasteiger partial charge on any atom is -0.443 e. The number of rotatable bonds is 0. The molecule has 4 nitrogen and oxygen atoms in total. The lowest BCUT2D eigenvalue weighted by Crippen LogP contribution is -2.36. The predicted molar refractivity (Wildman–Crippen MR) is 62.5 cm³/mol. The van der Waals surface area contributed by atoms with E-state index in [-0.39, 0.29) is 5.91 Å². The smallest absolute Gasteiger partial charge is 0.417 e. The highest BCUT2D eigenvalue weighted by molar-refractivity contribution is 6.06. The van der Waals surface area contributed by atoms with E-state index >= 15 is 0 Å². The Kier molecular flexibility index (Phi) is 2.65. The Hall–Kier alpha value is -1.84. The van der Waals surface area contributed by atoms with E-state index in [9.17, 15) is 9.59 Å². The van der Waals surface area contributed by atoms with E-state index in [0.29, 0.717) is 12.1 Å². The molecule has 1 aromatic rings. The molecular weight excluding hydrogens is 218 g/mol. The standard InChI is InChI=1S/C13H15NO3/c1-13(2,3)17-12(16)14-8-9-6-4-5-7-10(9)11(14)15/h4-7H,8H2,1-3H3. The van der Waals surface area contributed by atoms with Crippen molar-refractivity contribution in [1.82, 2.24) is 4.90 Å². The molecule has 17 heavy (non-hydrogen) atoms. The zero-order valence-electron chi connectivity index (χ0n) is 10.2. The van der Waals surface area contributed by atoms with Gasteiger partial charge in [-0.3, -0.25) is 4.79 Å². The molecule has 0 radical (unpaired) electrons. The van der Waals surface area contributed by atoms with Crippen molar-refractivity contribution < 1.29 is 14.3 Å². The Morgan fingerprint density at radius 2 is 1.94 bits per heavy atom. The molecule has 90 valence electrons. The summed E-state index contributed by atoms with van der Waals surface area (Å²) in [6.07, 6.45) is -0.585. The number of fused-ring (bicyclic) bond motifs is 1. The lowest BCUT2D eigenvalue weighted by atomic mass is 10.1. The molecule has 0 saturated carbocycles. The van der Waals surface area contributed by atoms with E-state index in [1.54, 1.807) is 32.9 Å². The molecule has 0 saturated heterocycles. The number of benzene rings is 1. The van der Waals surface area contributed by atoms with Crippen LogP contribution in [0, 0.1) is 0 Å². The van der Waals surface area contributed by atoms with Crippen LogP contribution < -0.4 is 0 Å². The van der Waals surface area contributed by atoms with Gasteiger partial charge >= 0.3 is 6.09 Å². The third kappa shape index (κ3) is 2.30. The second kappa shape index (κ2) is 3.87. The van der Waals surface area contributed by atoms with Crippen molar-refractivity contribution in [1.29, 1.82) is 0 Å². The summed E-state index contributed by atoms with van der Waals surface area (Å²) in [7, 11) is 0. The van der Waals surface area contributed by atoms with Crippen LogP contribution >= 0.6 is 0 Å². The Labute approximate surface area is 100 Å². The molecule has 1 aliphatic rings. The van der Waals surface area contributed by atoms with E-state index in [2.05, 4.69) is 0 Å². The van der Waals surface area contributed by atoms with Crippen LogP contribution in [0.5, 0.6) is 0 Å². The number of carbonyl (C=O) groups excluding carboxylic acids is 2. The molecule has 2 rings (SSSR count). The summed E-state index contributed by atoms with van der Waals surface area (Å²) in [4.78, 5) is 24.9. The Morgan fingerprint density at radius 1 is 1.29 bits per heavy atom. The maximum atomic E-state index is 11.9. The fourth-order valence-electron chi connectivity index (χ4n) is 1.72. The first-order chi connectivity index (χ1) is 7.88. The van der Waals surface area contributed by atoms with Gasteiger partial charge in [-0.1, -0.05) is 18.2 Å². The first-order valence-electron chi connectivity index (χ1n) is 5.51. The third-order valence-electron chi connectivity index (χ3n) is 2.44. The fraction of sp³-hybridized carbons (Fsp3) is 0.385. The van der Waals surface area contributed by atoms with Crippen LogP contribution in [0.2, 0.25) is 0 Å². The van der Waals surface area contributed by atoms with Gasteiger partial charge in [0.15, 0.2) is 0 Å². The maximum absolute atomic E-state index is 11.9. The van der Waals surface area contributed by atoms with Gasteiger partial charge in [0.1, 0.15) is 5.60 Å². The number of amides is 2. The van der Waals surface area contributed by atoms with Gasteiger partial charge in [0.05, 0.1) is 6.54 Å². The van der Waals surface area contributed by atoms with Crippen molar-refractivity contribution in [3.05, 3.63) is 35.4 Å². The molecule has 4 heteroatoms. The van der Waals surface area contributed by atoms with Gasteiger partial charge in [-0.2, -0.15) is 0 Å². The average Bonchev–Trinajstić information content (AvgIpc) is 2.55. The van der Waals surface area contributed by atoms with Crippen LogP contribution in [-0.4, -0.2) is 22.5 Å². The largest absolute Gasteiger partial charge is 0.443 e. The lowest BCUT2D eigenvalue weighted by molar-refractivity contribution is 0.0248. The van der Waals surface area contributed by atoms with E-state index < -0.39 is 11.7 Å². The van der Waals surface area contributed by atoms with Gasteiger partial charge in [0, 0.05) is 5.56 Å². The first-order valence-corrected chi connectivity index (χ1v) is 5.51. The molecule has 0 atom stereocenters. The van der Waals surface area contributed by atoms with Crippen molar-refractivity contribution in [2.45, 2.75) is 32.9 Å². The number of hydrogen-bond donors (Lipinski definition) is 0. The topological polar surface area (TPSA) is 46.6 Å². The van der Waals surface area contributed by atoms with Crippen LogP contribution in [-0.2, 0) is 11.3 Å². The second-order valence-electron chi connectivity index (χ2n) is 5.03. The molecule has 1 aliphatic heterocycles. The van der Waals surface area contributed by atoms with Gasteiger partial charge in [0.2, 0.25) is 0 Å². The van der Waals surface area contributed by atoms with E-state index in [1.165, 1.54) is 0 Å². The van der Waals surface area contributed by atoms with Crippen LogP contribution in [0.4, 0.5) is 4.79 Å². The molecule has 0 spiro atoms. The molecule has 0 unspecified atom stereocenters. The molecule has 0 N–H and O–H groups in total. The SMILES string of the molecule is CC(C)(C)OC(=O)N1Cc2ccccc2C1=O. The molecule has 0 aliphatic carbocycles. The van der Waals surface area contributed by atoms with Gasteiger partial charge in [-0.15, -0.1) is 0 Å². The van der Waals surface area contributed by atoms with Gasteiger partial charge in [0.25, 0.3) is 5.91 Å². The predicted octanol–water partition coefficient (Wildman–Crippen LogP) is 2.58. The molecular formula is C13H15NO3. The quantitative estimate of drug-likeness (QED) is 0.692. The summed E-state index contributed by atoms with van der Waals surface area (Å²) in [5.74, 6) is -0.283. The summed E-state index contributed by atoms with van der Waals surface area (Å²) in [6.45, 7) is 5.62. The number of ether oxygens (including phenoxy) is 1. The van der Waals surface area contributed by atoms with Crippen LogP contribution in [0.25, 0.3) is 0 Å². The summed E-state index contributed by atoms with van der Waals surface area (Å²) in [6, 6.07) is 7.21. The van der Waals surface area contributed by atoms with Gasteiger partial charge in [-0.25, -0.2) is 9.69 Å². The summed E-state index contributed by atoms with van der Waals surface area (Å²) in [5, 5.41) is 0. The van der Waals surface area contributed by atoms with Crippen LogP contribution in [0.3, 0.4) is 0 Å². The van der Waals surface area contributed by atoms with E-state index in [1.807, 2.05) is 12.1 Å². The van der Waals surface area contributed by atoms with Crippen molar-refractivity contribution in [2.24, 2.45) is 0 Å². The highest BCUT2D eigenvalue weighted by Crippen LogP contribution is 2.24. The Bertz CT molecular complexity index is 474. The highest BCUT2D eigenvalue weighted by Gasteiger charge is 2.34. The van der Waals surface area contributed by atoms with Crippen molar-refractivity contribution >= 4 is 12.0 Å². The Morgan fingerprint density at radius 3 is 2.53 bits per heavy atom. The maximum Gasteiger partial charge on any atom is 0.417 e. The van der Waals surface area contributed by atoms with Crippen molar-refractivity contribution in [3.63, 3.8) is 0 Å². The lowest BCUT2D eigenvalue weighted by Gasteiger charge is -2.23. The zero-order valence-corrected chi connectivity index (χ0v) is 10.2. The number of carbonyl (C=O) groups is 2. The van der Waals surface area contributed by atoms with Crippen molar-refractivity contribution in [2.75, 3.05) is 0 Å². The highest BCUT2D eigenvalue weighted by atomic mass is 16.6. The zero-order chi connectivity index (χ0) is 12.6. The normalized spacial score (nSPS) is 14.8. The van der Waals surface area contributed by atoms with Gasteiger partial charge in [-0.05, 0) is 32.4 Å². The van der Waals surface area contributed by atoms with E-state index in [4.69, 9.17) is 4.74 Å². The second-order valence-corrected chi connectivity index (χ2v) is 5.03. The summed E-state index contributed by atoms with van der Waals surface area (Å²) in [5.41, 5.74) is 0.855. The molecule has 0 fully saturated rings. The summed E-state index contributed by atoms with van der Waals surface area (Å²) < 4.78 is 5.19. The number of hydrogen-bond acceptors (Lipinski definition) is 3. The molecule has 0 bridgehead atoms. The van der Waals surface area contributed by atoms with Gasteiger partial charge < -0.3 is 4.74 Å². The molecule has 2 amide bonds. The molecule has 1 aromatic carbocycles. The Balaban J connectivity index is 2.18. The minimum absolute atomic E-state index is 0.283. The fourth-order valence-corrected chi connectivity index (χ4v) is 1.72. The minimum atomic E-state index is -0.591. The monoisotopic (exact) mass is 233 g/mol. The van der Waals surface area contributed by atoms with Crippen LogP contribution in [0.1, 0.15) is 36.7 Å². The first kappa shape index (κ1) is 11.6. The average molecular weight is 233 g/mol. The van der Waals surface area contributed by atoms with Crippen molar-refractivity contribution in [3.8, 4) is 0 Å². The number of imide groups is 1. The molecule has 1 heterocycles. The van der Waals surface area contributed by atoms with E-state index in [0.717, 1.165) is 10.5 Å². The third-order valence-corrected chi connectivity index (χ3v) is 2.44. The molecule has 0 aromatic heterocycles. The number of nitrogens with zero attached hydrogens (tertiary/aromatic N) is 1. The summed E-state index contributed by atoms with van der Waals surface area (Å²) >= 11 is 0.